The van der Waals surface area contributed by atoms with E-state index in [1.807, 2.05) is 31.3 Å². The molecule has 140 valence electrons. The molecule has 2 aromatic heterocycles. The lowest BCUT2D eigenvalue weighted by Gasteiger charge is -2.31. The molecule has 1 amide bonds. The molecule has 7 nitrogen and oxygen atoms in total. The first-order valence-corrected chi connectivity index (χ1v) is 10.7. The van der Waals surface area contributed by atoms with Crippen molar-refractivity contribution in [1.82, 2.24) is 19.0 Å². The lowest BCUT2D eigenvalue weighted by atomic mass is 9.98. The van der Waals surface area contributed by atoms with E-state index in [2.05, 4.69) is 10.3 Å². The van der Waals surface area contributed by atoms with E-state index < -0.39 is 10.0 Å². The molecule has 2 aromatic rings. The third kappa shape index (κ3) is 3.23. The van der Waals surface area contributed by atoms with Gasteiger partial charge in [0, 0.05) is 25.8 Å². The van der Waals surface area contributed by atoms with E-state index in [1.54, 1.807) is 8.71 Å². The van der Waals surface area contributed by atoms with Gasteiger partial charge in [0.25, 0.3) is 5.91 Å². The Morgan fingerprint density at radius 2 is 1.96 bits per heavy atom. The Morgan fingerprint density at radius 1 is 1.23 bits per heavy atom. The molecule has 1 N–H and O–H groups in total. The van der Waals surface area contributed by atoms with Crippen LogP contribution in [0.5, 0.6) is 0 Å². The molecule has 0 aromatic carbocycles. The van der Waals surface area contributed by atoms with Gasteiger partial charge in [0.1, 0.15) is 11.3 Å². The minimum atomic E-state index is -3.07. The SMILES string of the molecule is Cc1nc2ccccn2c1C(=O)NCC1CCN(S(=O)(=O)C2CC2)CC1. The zero-order valence-corrected chi connectivity index (χ0v) is 15.7. The van der Waals surface area contributed by atoms with Crippen molar-refractivity contribution in [3.05, 3.63) is 35.8 Å². The standard InChI is InChI=1S/C18H24N4O3S/c1-13-17(22-9-3-2-4-16(22)20-13)18(23)19-12-14-7-10-21(11-8-14)26(24,25)15-5-6-15/h2-4,9,14-15H,5-8,10-12H2,1H3,(H,19,23). The second-order valence-electron chi connectivity index (χ2n) is 7.27. The van der Waals surface area contributed by atoms with Crippen LogP contribution in [0.2, 0.25) is 0 Å². The summed E-state index contributed by atoms with van der Waals surface area (Å²) in [7, 11) is -3.07. The number of pyridine rings is 1. The lowest BCUT2D eigenvalue weighted by Crippen LogP contribution is -2.42. The largest absolute Gasteiger partial charge is 0.350 e. The van der Waals surface area contributed by atoms with Crippen molar-refractivity contribution >= 4 is 21.6 Å². The Balaban J connectivity index is 1.35. The number of aryl methyl sites for hydroxylation is 1. The molecule has 4 rings (SSSR count). The van der Waals surface area contributed by atoms with Crippen molar-refractivity contribution in [3.63, 3.8) is 0 Å². The molecule has 1 aliphatic heterocycles. The number of aromatic nitrogens is 2. The second-order valence-corrected chi connectivity index (χ2v) is 9.48. The minimum Gasteiger partial charge on any atom is -0.350 e. The van der Waals surface area contributed by atoms with Gasteiger partial charge in [-0.25, -0.2) is 17.7 Å². The molecule has 2 aliphatic rings. The minimum absolute atomic E-state index is 0.130. The number of imidazole rings is 1. The smallest absolute Gasteiger partial charge is 0.270 e. The van der Waals surface area contributed by atoms with Crippen LogP contribution in [0.15, 0.2) is 24.4 Å². The number of piperidine rings is 1. The number of carbonyl (C=O) groups is 1. The number of rotatable bonds is 5. The third-order valence-corrected chi connectivity index (χ3v) is 7.75. The lowest BCUT2D eigenvalue weighted by molar-refractivity contribution is 0.0935. The zero-order chi connectivity index (χ0) is 18.3. The molecule has 26 heavy (non-hydrogen) atoms. The summed E-state index contributed by atoms with van der Waals surface area (Å²) in [5.41, 5.74) is 2.03. The Bertz CT molecular complexity index is 925. The molecule has 0 bridgehead atoms. The molecule has 0 spiro atoms. The second kappa shape index (κ2) is 6.66. The Morgan fingerprint density at radius 3 is 2.65 bits per heavy atom. The van der Waals surface area contributed by atoms with E-state index in [4.69, 9.17) is 0 Å². The molecule has 0 radical (unpaired) electrons. The summed E-state index contributed by atoms with van der Waals surface area (Å²) in [6.45, 7) is 3.53. The number of sulfonamides is 1. The molecular formula is C18H24N4O3S. The molecule has 3 heterocycles. The van der Waals surface area contributed by atoms with Gasteiger partial charge in [-0.1, -0.05) is 6.07 Å². The molecule has 1 saturated heterocycles. The predicted molar refractivity (Wildman–Crippen MR) is 98.5 cm³/mol. The highest BCUT2D eigenvalue weighted by molar-refractivity contribution is 7.90. The molecule has 2 fully saturated rings. The van der Waals surface area contributed by atoms with Crippen LogP contribution in [-0.2, 0) is 10.0 Å². The number of hydrogen-bond donors (Lipinski definition) is 1. The molecule has 1 saturated carbocycles. The maximum atomic E-state index is 12.6. The molecule has 0 atom stereocenters. The fraction of sp³-hybridized carbons (Fsp3) is 0.556. The van der Waals surface area contributed by atoms with E-state index >= 15 is 0 Å². The summed E-state index contributed by atoms with van der Waals surface area (Å²) in [5.74, 6) is 0.179. The van der Waals surface area contributed by atoms with Gasteiger partial charge in [0.15, 0.2) is 0 Å². The fourth-order valence-electron chi connectivity index (χ4n) is 3.65. The quantitative estimate of drug-likeness (QED) is 0.859. The van der Waals surface area contributed by atoms with Gasteiger partial charge in [-0.15, -0.1) is 0 Å². The maximum absolute atomic E-state index is 12.6. The van der Waals surface area contributed by atoms with Crippen LogP contribution >= 0.6 is 0 Å². The highest BCUT2D eigenvalue weighted by Gasteiger charge is 2.41. The molecule has 0 unspecified atom stereocenters. The van der Waals surface area contributed by atoms with Crippen LogP contribution in [0, 0.1) is 12.8 Å². The van der Waals surface area contributed by atoms with Gasteiger partial charge in [-0.05, 0) is 50.7 Å². The van der Waals surface area contributed by atoms with Gasteiger partial charge < -0.3 is 5.32 Å². The molecule has 1 aliphatic carbocycles. The number of amides is 1. The van der Waals surface area contributed by atoms with Gasteiger partial charge in [0.2, 0.25) is 10.0 Å². The first-order chi connectivity index (χ1) is 12.5. The van der Waals surface area contributed by atoms with Crippen molar-refractivity contribution in [2.45, 2.75) is 37.9 Å². The normalized spacial score (nSPS) is 19.7. The summed E-state index contributed by atoms with van der Waals surface area (Å²) >= 11 is 0. The van der Waals surface area contributed by atoms with Crippen molar-refractivity contribution in [1.29, 1.82) is 0 Å². The third-order valence-electron chi connectivity index (χ3n) is 5.35. The van der Waals surface area contributed by atoms with E-state index in [-0.39, 0.29) is 11.2 Å². The Hall–Kier alpha value is -1.93. The van der Waals surface area contributed by atoms with Crippen molar-refractivity contribution in [3.8, 4) is 0 Å². The monoisotopic (exact) mass is 376 g/mol. The number of hydrogen-bond acceptors (Lipinski definition) is 4. The van der Waals surface area contributed by atoms with Crippen LogP contribution in [0.25, 0.3) is 5.65 Å². The van der Waals surface area contributed by atoms with E-state index in [1.165, 1.54) is 0 Å². The van der Waals surface area contributed by atoms with E-state index in [9.17, 15) is 13.2 Å². The predicted octanol–water partition coefficient (Wildman–Crippen LogP) is 1.58. The number of nitrogens with one attached hydrogen (secondary N) is 1. The Kier molecular flexibility index (Phi) is 4.48. The summed E-state index contributed by atoms with van der Waals surface area (Å²) in [4.78, 5) is 17.0. The first-order valence-electron chi connectivity index (χ1n) is 9.17. The van der Waals surface area contributed by atoms with Crippen LogP contribution < -0.4 is 5.32 Å². The van der Waals surface area contributed by atoms with Gasteiger partial charge in [0.05, 0.1) is 10.9 Å². The number of fused-ring (bicyclic) bond motifs is 1. The number of carbonyl (C=O) groups excluding carboxylic acids is 1. The van der Waals surface area contributed by atoms with Crippen molar-refractivity contribution in [2.24, 2.45) is 5.92 Å². The fourth-order valence-corrected chi connectivity index (χ4v) is 5.53. The van der Waals surface area contributed by atoms with E-state index in [0.29, 0.717) is 36.9 Å². The molecular weight excluding hydrogens is 352 g/mol. The topological polar surface area (TPSA) is 83.8 Å². The average molecular weight is 376 g/mol. The van der Waals surface area contributed by atoms with Gasteiger partial charge >= 0.3 is 0 Å². The first kappa shape index (κ1) is 17.5. The van der Waals surface area contributed by atoms with Crippen LogP contribution in [0.3, 0.4) is 0 Å². The van der Waals surface area contributed by atoms with Crippen LogP contribution in [0.1, 0.15) is 41.9 Å². The van der Waals surface area contributed by atoms with Crippen molar-refractivity contribution < 1.29 is 13.2 Å². The molecule has 8 heteroatoms. The summed E-state index contributed by atoms with van der Waals surface area (Å²) in [6, 6.07) is 5.65. The zero-order valence-electron chi connectivity index (χ0n) is 14.9. The van der Waals surface area contributed by atoms with Crippen LogP contribution in [-0.4, -0.2) is 52.9 Å². The van der Waals surface area contributed by atoms with Crippen LogP contribution in [0.4, 0.5) is 0 Å². The number of nitrogens with zero attached hydrogens (tertiary/aromatic N) is 3. The van der Waals surface area contributed by atoms with Crippen molar-refractivity contribution in [2.75, 3.05) is 19.6 Å². The van der Waals surface area contributed by atoms with Gasteiger partial charge in [-0.3, -0.25) is 9.20 Å². The highest BCUT2D eigenvalue weighted by atomic mass is 32.2. The average Bonchev–Trinajstić information content (AvgIpc) is 3.43. The summed E-state index contributed by atoms with van der Waals surface area (Å²) < 4.78 is 28.0. The van der Waals surface area contributed by atoms with Gasteiger partial charge in [-0.2, -0.15) is 0 Å². The summed E-state index contributed by atoms with van der Waals surface area (Å²) in [5, 5.41) is 2.87. The Labute approximate surface area is 153 Å². The van der Waals surface area contributed by atoms with E-state index in [0.717, 1.165) is 31.3 Å². The summed E-state index contributed by atoms with van der Waals surface area (Å²) in [6.07, 6.45) is 5.02. The highest BCUT2D eigenvalue weighted by Crippen LogP contribution is 2.33. The maximum Gasteiger partial charge on any atom is 0.270 e.